The highest BCUT2D eigenvalue weighted by molar-refractivity contribution is 7.08. The third-order valence-corrected chi connectivity index (χ3v) is 8.20. The van der Waals surface area contributed by atoms with Gasteiger partial charge in [0.15, 0.2) is 0 Å². The maximum absolute atomic E-state index is 12.6. The standard InChI is InChI=1S/C27H31N3O3S/c31-25(6-5-19-11-16-34-18-19)29-12-9-21(10-13-29)26(27(32)33)30-14-7-20(8-15-30)23-17-28-24-4-2-1-3-22(23)24/h1-6,11,16-18,20-21,26,28H,7-10,12-15H2,(H,32,33). The van der Waals surface area contributed by atoms with Crippen LogP contribution in [0.15, 0.2) is 53.4 Å². The van der Waals surface area contributed by atoms with Gasteiger partial charge in [-0.2, -0.15) is 11.3 Å². The number of amides is 1. The number of fused-ring (bicyclic) bond motifs is 1. The first-order valence-electron chi connectivity index (χ1n) is 12.1. The largest absolute Gasteiger partial charge is 0.480 e. The van der Waals surface area contributed by atoms with Crippen molar-refractivity contribution in [1.29, 1.82) is 0 Å². The number of rotatable bonds is 6. The van der Waals surface area contributed by atoms with Gasteiger partial charge in [-0.1, -0.05) is 18.2 Å². The van der Waals surface area contributed by atoms with E-state index in [0.717, 1.165) is 49.9 Å². The zero-order valence-electron chi connectivity index (χ0n) is 19.2. The number of carbonyl (C=O) groups is 2. The van der Waals surface area contributed by atoms with E-state index in [-0.39, 0.29) is 11.8 Å². The summed E-state index contributed by atoms with van der Waals surface area (Å²) in [5.74, 6) is -0.188. The molecule has 5 rings (SSSR count). The lowest BCUT2D eigenvalue weighted by molar-refractivity contribution is -0.147. The average molecular weight is 478 g/mol. The zero-order valence-corrected chi connectivity index (χ0v) is 20.0. The van der Waals surface area contributed by atoms with Crippen molar-refractivity contribution in [1.82, 2.24) is 14.8 Å². The number of aliphatic carboxylic acids is 1. The van der Waals surface area contributed by atoms with Crippen molar-refractivity contribution in [3.8, 4) is 0 Å². The number of likely N-dealkylation sites (tertiary alicyclic amines) is 2. The van der Waals surface area contributed by atoms with Gasteiger partial charge in [0.25, 0.3) is 0 Å². The molecule has 0 aliphatic carbocycles. The Morgan fingerprint density at radius 3 is 2.53 bits per heavy atom. The average Bonchev–Trinajstić information content (AvgIpc) is 3.54. The molecule has 1 atom stereocenters. The lowest BCUT2D eigenvalue weighted by Crippen LogP contribution is -2.52. The third kappa shape index (κ3) is 4.81. The highest BCUT2D eigenvalue weighted by atomic mass is 32.1. The van der Waals surface area contributed by atoms with Gasteiger partial charge in [-0.05, 0) is 90.7 Å². The second kappa shape index (κ2) is 10.2. The summed E-state index contributed by atoms with van der Waals surface area (Å²) in [6.07, 6.45) is 9.01. The van der Waals surface area contributed by atoms with Crippen molar-refractivity contribution in [2.24, 2.45) is 5.92 Å². The minimum Gasteiger partial charge on any atom is -0.480 e. The molecule has 2 fully saturated rings. The highest BCUT2D eigenvalue weighted by Gasteiger charge is 2.38. The number of nitrogens with one attached hydrogen (secondary N) is 1. The Kier molecular flexibility index (Phi) is 6.83. The topological polar surface area (TPSA) is 76.6 Å². The predicted octanol–water partition coefficient (Wildman–Crippen LogP) is 4.81. The number of nitrogens with zero attached hydrogens (tertiary/aromatic N) is 2. The van der Waals surface area contributed by atoms with Crippen LogP contribution in [0, 0.1) is 5.92 Å². The second-order valence-electron chi connectivity index (χ2n) is 9.44. The van der Waals surface area contributed by atoms with Crippen molar-refractivity contribution in [2.75, 3.05) is 26.2 Å². The van der Waals surface area contributed by atoms with E-state index in [1.165, 1.54) is 10.9 Å². The SMILES string of the molecule is O=C(O)C(C1CCN(C(=O)C=Cc2ccsc2)CC1)N1CCC(c2c[nH]c3ccccc23)CC1. The van der Waals surface area contributed by atoms with Crippen LogP contribution in [0.25, 0.3) is 17.0 Å². The van der Waals surface area contributed by atoms with Crippen LogP contribution in [0.1, 0.15) is 42.7 Å². The number of piperidine rings is 2. The fraction of sp³-hybridized carbons (Fsp3) is 0.407. The first-order valence-corrected chi connectivity index (χ1v) is 13.1. The van der Waals surface area contributed by atoms with Gasteiger partial charge in [-0.15, -0.1) is 0 Å². The van der Waals surface area contributed by atoms with E-state index < -0.39 is 12.0 Å². The van der Waals surface area contributed by atoms with E-state index >= 15 is 0 Å². The fourth-order valence-corrected chi connectivity index (χ4v) is 6.28. The number of carboxylic acid groups (broad SMARTS) is 1. The molecule has 0 radical (unpaired) electrons. The quantitative estimate of drug-likeness (QED) is 0.500. The van der Waals surface area contributed by atoms with Crippen molar-refractivity contribution in [3.05, 3.63) is 64.5 Å². The molecule has 1 amide bonds. The van der Waals surface area contributed by atoms with Gasteiger partial charge in [0.05, 0.1) is 0 Å². The monoisotopic (exact) mass is 477 g/mol. The molecule has 0 saturated carbocycles. The molecule has 0 bridgehead atoms. The van der Waals surface area contributed by atoms with Crippen LogP contribution in [0.4, 0.5) is 0 Å². The van der Waals surface area contributed by atoms with E-state index in [1.54, 1.807) is 17.4 Å². The van der Waals surface area contributed by atoms with Gasteiger partial charge in [0.1, 0.15) is 6.04 Å². The summed E-state index contributed by atoms with van der Waals surface area (Å²) in [5, 5.41) is 15.4. The minimum atomic E-state index is -0.729. The second-order valence-corrected chi connectivity index (χ2v) is 10.2. The van der Waals surface area contributed by atoms with Crippen LogP contribution in [0.5, 0.6) is 0 Å². The lowest BCUT2D eigenvalue weighted by atomic mass is 9.84. The van der Waals surface area contributed by atoms with Crippen molar-refractivity contribution < 1.29 is 14.7 Å². The van der Waals surface area contributed by atoms with Crippen molar-refractivity contribution in [3.63, 3.8) is 0 Å². The van der Waals surface area contributed by atoms with Crippen molar-refractivity contribution >= 4 is 40.2 Å². The van der Waals surface area contributed by atoms with Crippen LogP contribution in [-0.4, -0.2) is 64.0 Å². The Bertz CT molecular complexity index is 1150. The number of carbonyl (C=O) groups excluding carboxylic acids is 1. The number of hydrogen-bond donors (Lipinski definition) is 2. The number of aromatic nitrogens is 1. The predicted molar refractivity (Wildman–Crippen MR) is 136 cm³/mol. The normalized spacial score (nSPS) is 19.7. The third-order valence-electron chi connectivity index (χ3n) is 7.50. The molecule has 6 nitrogen and oxygen atoms in total. The molecule has 1 aromatic carbocycles. The maximum atomic E-state index is 12.6. The molecule has 34 heavy (non-hydrogen) atoms. The number of benzene rings is 1. The van der Waals surface area contributed by atoms with E-state index in [1.807, 2.05) is 33.9 Å². The molecule has 2 aromatic heterocycles. The van der Waals surface area contributed by atoms with Crippen molar-refractivity contribution in [2.45, 2.75) is 37.6 Å². The summed E-state index contributed by atoms with van der Waals surface area (Å²) >= 11 is 1.61. The molecular weight excluding hydrogens is 446 g/mol. The lowest BCUT2D eigenvalue weighted by Gasteiger charge is -2.41. The Labute approximate surface area is 203 Å². The molecule has 3 aromatic rings. The molecule has 2 N–H and O–H groups in total. The van der Waals surface area contributed by atoms with E-state index in [4.69, 9.17) is 0 Å². The zero-order chi connectivity index (χ0) is 23.5. The van der Waals surface area contributed by atoms with Crippen LogP contribution >= 0.6 is 11.3 Å². The number of para-hydroxylation sites is 1. The molecule has 178 valence electrons. The summed E-state index contributed by atoms with van der Waals surface area (Å²) in [5.41, 5.74) is 3.55. The molecular formula is C27H31N3O3S. The summed E-state index contributed by atoms with van der Waals surface area (Å²) in [4.78, 5) is 32.3. The van der Waals surface area contributed by atoms with Crippen LogP contribution in [-0.2, 0) is 9.59 Å². The molecule has 2 aliphatic heterocycles. The highest BCUT2D eigenvalue weighted by Crippen LogP contribution is 2.35. The summed E-state index contributed by atoms with van der Waals surface area (Å²) in [6.45, 7) is 2.83. The van der Waals surface area contributed by atoms with E-state index in [9.17, 15) is 14.7 Å². The Morgan fingerprint density at radius 1 is 1.06 bits per heavy atom. The minimum absolute atomic E-state index is 0.0102. The van der Waals surface area contributed by atoms with Crippen LogP contribution in [0.2, 0.25) is 0 Å². The van der Waals surface area contributed by atoms with Gasteiger partial charge in [-0.3, -0.25) is 14.5 Å². The van der Waals surface area contributed by atoms with Gasteiger partial charge >= 0.3 is 5.97 Å². The smallest absolute Gasteiger partial charge is 0.321 e. The summed E-state index contributed by atoms with van der Waals surface area (Å²) in [6, 6.07) is 9.90. The Morgan fingerprint density at radius 2 is 1.82 bits per heavy atom. The number of thiophene rings is 1. The maximum Gasteiger partial charge on any atom is 0.321 e. The number of H-pyrrole nitrogens is 1. The Balaban J connectivity index is 1.17. The molecule has 2 saturated heterocycles. The van der Waals surface area contributed by atoms with Crippen LogP contribution < -0.4 is 0 Å². The first-order chi connectivity index (χ1) is 16.6. The fourth-order valence-electron chi connectivity index (χ4n) is 5.65. The molecule has 7 heteroatoms. The van der Waals surface area contributed by atoms with Crippen LogP contribution in [0.3, 0.4) is 0 Å². The Hall–Kier alpha value is -2.90. The van der Waals surface area contributed by atoms with Gasteiger partial charge in [0, 0.05) is 36.3 Å². The van der Waals surface area contributed by atoms with Gasteiger partial charge in [-0.25, -0.2) is 0 Å². The number of carboxylic acids is 1. The first kappa shape index (κ1) is 22.9. The van der Waals surface area contributed by atoms with Gasteiger partial charge < -0.3 is 15.0 Å². The summed E-state index contributed by atoms with van der Waals surface area (Å²) < 4.78 is 0. The van der Waals surface area contributed by atoms with E-state index in [2.05, 4.69) is 34.3 Å². The molecule has 1 unspecified atom stereocenters. The summed E-state index contributed by atoms with van der Waals surface area (Å²) in [7, 11) is 0. The number of aromatic amines is 1. The molecule has 4 heterocycles. The molecule has 2 aliphatic rings. The number of hydrogen-bond acceptors (Lipinski definition) is 4. The molecule has 0 spiro atoms. The van der Waals surface area contributed by atoms with Gasteiger partial charge in [0.2, 0.25) is 5.91 Å². The van der Waals surface area contributed by atoms with E-state index in [0.29, 0.717) is 19.0 Å².